The Bertz CT molecular complexity index is 876. The number of nitrogens with one attached hydrogen (secondary N) is 1. The highest BCUT2D eigenvalue weighted by atomic mass is 16.5. The summed E-state index contributed by atoms with van der Waals surface area (Å²) in [6.45, 7) is 11.1. The molecule has 0 saturated heterocycles. The van der Waals surface area contributed by atoms with Crippen LogP contribution < -0.4 is 5.73 Å². The Morgan fingerprint density at radius 1 is 1.12 bits per heavy atom. The average Bonchev–Trinajstić information content (AvgIpc) is 3.16. The van der Waals surface area contributed by atoms with Gasteiger partial charge in [-0.25, -0.2) is 0 Å². The van der Waals surface area contributed by atoms with Gasteiger partial charge in [0.15, 0.2) is 0 Å². The second kappa shape index (κ2) is 12.5. The Kier molecular flexibility index (Phi) is 10.4. The van der Waals surface area contributed by atoms with Gasteiger partial charge in [-0.2, -0.15) is 0 Å². The van der Waals surface area contributed by atoms with Gasteiger partial charge in [-0.05, 0) is 72.6 Å². The first-order valence-corrected chi connectivity index (χ1v) is 12.3. The molecule has 0 radical (unpaired) electrons. The normalized spacial score (nSPS) is 16.8. The number of benzene rings is 1. The second-order valence-corrected chi connectivity index (χ2v) is 10.3. The molecule has 33 heavy (non-hydrogen) atoms. The average molecular weight is 461 g/mol. The molecule has 0 bridgehead atoms. The van der Waals surface area contributed by atoms with Crippen molar-refractivity contribution in [3.8, 4) is 0 Å². The highest BCUT2D eigenvalue weighted by Gasteiger charge is 2.31. The first kappa shape index (κ1) is 27.4. The van der Waals surface area contributed by atoms with Crippen LogP contribution in [0.2, 0.25) is 0 Å². The lowest BCUT2D eigenvalue weighted by Crippen LogP contribution is -2.41. The van der Waals surface area contributed by atoms with Gasteiger partial charge in [-0.15, -0.1) is 0 Å². The number of aryl methyl sites for hydroxylation is 1. The maximum absolute atomic E-state index is 11.6. The summed E-state index contributed by atoms with van der Waals surface area (Å²) in [4.78, 5) is 14.9. The number of nitrogens with two attached hydrogens (primary N) is 1. The van der Waals surface area contributed by atoms with Crippen LogP contribution in [-0.4, -0.2) is 47.0 Å². The van der Waals surface area contributed by atoms with E-state index < -0.39 is 24.0 Å². The van der Waals surface area contributed by atoms with Gasteiger partial charge in [0.05, 0.1) is 12.0 Å². The molecule has 0 fully saturated rings. The number of aliphatic carboxylic acids is 1. The lowest BCUT2D eigenvalue weighted by molar-refractivity contribution is -0.144. The molecule has 0 spiro atoms. The summed E-state index contributed by atoms with van der Waals surface area (Å²) < 4.78 is 5.20. The minimum atomic E-state index is -0.869. The van der Waals surface area contributed by atoms with E-state index in [1.165, 1.54) is 16.5 Å². The van der Waals surface area contributed by atoms with Crippen molar-refractivity contribution in [3.63, 3.8) is 0 Å². The van der Waals surface area contributed by atoms with Crippen LogP contribution in [0.25, 0.3) is 10.9 Å². The van der Waals surface area contributed by atoms with Gasteiger partial charge in [0.1, 0.15) is 0 Å². The fourth-order valence-electron chi connectivity index (χ4n) is 4.96. The molecular weight excluding hydrogens is 416 g/mol. The van der Waals surface area contributed by atoms with Crippen molar-refractivity contribution >= 4 is 16.9 Å². The molecule has 0 aliphatic carbocycles. The van der Waals surface area contributed by atoms with E-state index in [-0.39, 0.29) is 24.2 Å². The summed E-state index contributed by atoms with van der Waals surface area (Å²) in [5, 5.41) is 21.5. The number of carbonyl (C=O) groups is 1. The lowest BCUT2D eigenvalue weighted by atomic mass is 9.75. The van der Waals surface area contributed by atoms with Crippen LogP contribution in [0.5, 0.6) is 0 Å². The number of hydrogen-bond donors (Lipinski definition) is 4. The highest BCUT2D eigenvalue weighted by molar-refractivity contribution is 5.84. The monoisotopic (exact) mass is 460 g/mol. The number of fused-ring (bicyclic) bond motifs is 1. The zero-order valence-corrected chi connectivity index (χ0v) is 21.2. The molecule has 1 aromatic carbocycles. The third-order valence-corrected chi connectivity index (χ3v) is 7.27. The molecule has 0 amide bonds. The van der Waals surface area contributed by atoms with Crippen molar-refractivity contribution in [2.24, 2.45) is 29.4 Å². The summed E-state index contributed by atoms with van der Waals surface area (Å²) in [5.41, 5.74) is 10.1. The van der Waals surface area contributed by atoms with Crippen LogP contribution in [0.4, 0.5) is 0 Å². The zero-order valence-electron chi connectivity index (χ0n) is 21.2. The van der Waals surface area contributed by atoms with Gasteiger partial charge < -0.3 is 25.7 Å². The largest absolute Gasteiger partial charge is 0.481 e. The van der Waals surface area contributed by atoms with E-state index in [2.05, 4.69) is 50.2 Å². The predicted molar refractivity (Wildman–Crippen MR) is 134 cm³/mol. The van der Waals surface area contributed by atoms with Crippen LogP contribution >= 0.6 is 0 Å². The van der Waals surface area contributed by atoms with Crippen LogP contribution in [0, 0.1) is 23.7 Å². The van der Waals surface area contributed by atoms with E-state index in [4.69, 9.17) is 10.5 Å². The first-order valence-electron chi connectivity index (χ1n) is 12.3. The predicted octanol–water partition coefficient (Wildman–Crippen LogP) is 4.95. The summed E-state index contributed by atoms with van der Waals surface area (Å²) in [6, 6.07) is 6.16. The van der Waals surface area contributed by atoms with Gasteiger partial charge in [0.2, 0.25) is 0 Å². The van der Waals surface area contributed by atoms with Crippen LogP contribution in [0.1, 0.15) is 70.9 Å². The second-order valence-electron chi connectivity index (χ2n) is 10.3. The zero-order chi connectivity index (χ0) is 24.7. The van der Waals surface area contributed by atoms with Gasteiger partial charge >= 0.3 is 5.97 Å². The number of ether oxygens (including phenoxy) is 1. The summed E-state index contributed by atoms with van der Waals surface area (Å²) in [5.74, 6) is -0.600. The Morgan fingerprint density at radius 3 is 2.39 bits per heavy atom. The van der Waals surface area contributed by atoms with Crippen molar-refractivity contribution in [2.45, 2.75) is 78.4 Å². The molecule has 6 heteroatoms. The molecule has 6 nitrogen and oxygen atoms in total. The molecule has 1 aromatic heterocycles. The Labute approximate surface area is 198 Å². The molecule has 2 rings (SSSR count). The summed E-state index contributed by atoms with van der Waals surface area (Å²) in [6.07, 6.45) is 4.05. The molecular formula is C27H44N2O4. The third kappa shape index (κ3) is 7.29. The first-order chi connectivity index (χ1) is 15.6. The van der Waals surface area contributed by atoms with Crippen molar-refractivity contribution in [3.05, 3.63) is 35.5 Å². The molecule has 5 N–H and O–H groups in total. The lowest BCUT2D eigenvalue weighted by Gasteiger charge is -2.33. The third-order valence-electron chi connectivity index (χ3n) is 7.27. The molecule has 0 saturated carbocycles. The topological polar surface area (TPSA) is 109 Å². The van der Waals surface area contributed by atoms with Crippen molar-refractivity contribution in [1.82, 2.24) is 4.98 Å². The summed E-state index contributed by atoms with van der Waals surface area (Å²) >= 11 is 0. The number of carboxylic acid groups (broad SMARTS) is 1. The number of aromatic amines is 1. The number of carboxylic acids is 1. The Balaban J connectivity index is 2.17. The molecule has 5 atom stereocenters. The SMILES string of the molecule is COCCCc1c[nH]c2ccc(C(C)C(CC(N)C(O)CC(C(=O)O)C(C)C)C(C)C)cc12. The van der Waals surface area contributed by atoms with Crippen molar-refractivity contribution in [2.75, 3.05) is 13.7 Å². The number of aliphatic hydroxyl groups excluding tert-OH is 1. The van der Waals surface area contributed by atoms with E-state index in [0.717, 1.165) is 25.0 Å². The smallest absolute Gasteiger partial charge is 0.306 e. The van der Waals surface area contributed by atoms with Gasteiger partial charge in [0, 0.05) is 36.9 Å². The van der Waals surface area contributed by atoms with Gasteiger partial charge in [-0.3, -0.25) is 4.79 Å². The number of H-pyrrole nitrogens is 1. The molecule has 2 aromatic rings. The Morgan fingerprint density at radius 2 is 1.82 bits per heavy atom. The van der Waals surface area contributed by atoms with Crippen LogP contribution in [-0.2, 0) is 16.0 Å². The fourth-order valence-corrected chi connectivity index (χ4v) is 4.96. The van der Waals surface area contributed by atoms with Crippen molar-refractivity contribution in [1.29, 1.82) is 0 Å². The Hall–Kier alpha value is -1.89. The van der Waals surface area contributed by atoms with E-state index in [1.54, 1.807) is 7.11 Å². The summed E-state index contributed by atoms with van der Waals surface area (Å²) in [7, 11) is 1.73. The minimum absolute atomic E-state index is 0.0460. The van der Waals surface area contributed by atoms with Gasteiger partial charge in [-0.1, -0.05) is 40.7 Å². The molecule has 1 heterocycles. The van der Waals surface area contributed by atoms with E-state index >= 15 is 0 Å². The number of rotatable bonds is 14. The minimum Gasteiger partial charge on any atom is -0.481 e. The number of aromatic nitrogens is 1. The molecule has 186 valence electrons. The van der Waals surface area contributed by atoms with Crippen LogP contribution in [0.3, 0.4) is 0 Å². The van der Waals surface area contributed by atoms with Gasteiger partial charge in [0.25, 0.3) is 0 Å². The maximum Gasteiger partial charge on any atom is 0.306 e. The maximum atomic E-state index is 11.6. The molecule has 5 unspecified atom stereocenters. The highest BCUT2D eigenvalue weighted by Crippen LogP contribution is 2.36. The van der Waals surface area contributed by atoms with Crippen molar-refractivity contribution < 1.29 is 19.7 Å². The van der Waals surface area contributed by atoms with E-state index in [0.29, 0.717) is 12.3 Å². The number of methoxy groups -OCH3 is 1. The molecule has 0 aliphatic heterocycles. The number of aliphatic hydroxyl groups is 1. The number of hydrogen-bond acceptors (Lipinski definition) is 4. The molecule has 0 aliphatic rings. The van der Waals surface area contributed by atoms with E-state index in [1.807, 2.05) is 13.8 Å². The van der Waals surface area contributed by atoms with E-state index in [9.17, 15) is 15.0 Å². The standard InChI is InChI=1S/C27H44N2O4/c1-16(2)21(13-24(28)26(30)14-22(17(3)4)27(31)32)18(5)19-9-10-25-23(12-19)20(15-29-25)8-7-11-33-6/h9-10,12,15-18,21-22,24,26,29-30H,7-8,11,13-14,28H2,1-6H3,(H,31,32). The quantitative estimate of drug-likeness (QED) is 0.298. The van der Waals surface area contributed by atoms with Crippen LogP contribution in [0.15, 0.2) is 24.4 Å². The fraction of sp³-hybridized carbons (Fsp3) is 0.667.